The average molecular weight is 140 g/mol. The molecule has 48 valence electrons. The summed E-state index contributed by atoms with van der Waals surface area (Å²) in [5.74, 6) is 0.705. The van der Waals surface area contributed by atoms with Gasteiger partial charge < -0.3 is 4.74 Å². The molecule has 0 unspecified atom stereocenters. The molecule has 2 heterocycles. The Morgan fingerprint density at radius 2 is 2.44 bits per heavy atom. The molecule has 9 heavy (non-hydrogen) atoms. The molecule has 0 radical (unpaired) electrons. The van der Waals surface area contributed by atoms with Gasteiger partial charge in [-0.1, -0.05) is 0 Å². The summed E-state index contributed by atoms with van der Waals surface area (Å²) in [6.07, 6.45) is 0. The van der Waals surface area contributed by atoms with E-state index < -0.39 is 0 Å². The van der Waals surface area contributed by atoms with Crippen molar-refractivity contribution in [2.24, 2.45) is 0 Å². The van der Waals surface area contributed by atoms with Crippen LogP contribution in [-0.2, 0) is 4.74 Å². The molecule has 0 bridgehead atoms. The molecule has 0 spiro atoms. The second kappa shape index (κ2) is 2.12. The van der Waals surface area contributed by atoms with E-state index >= 15 is 0 Å². The fourth-order valence-electron chi connectivity index (χ4n) is 0.935. The number of hydrogen-bond acceptors (Lipinski definition) is 2. The number of rotatable bonds is 1. The van der Waals surface area contributed by atoms with Gasteiger partial charge in [-0.15, -0.1) is 0 Å². The summed E-state index contributed by atoms with van der Waals surface area (Å²) in [4.78, 5) is 0. The first-order chi connectivity index (χ1) is 4.47. The summed E-state index contributed by atoms with van der Waals surface area (Å²) in [7, 11) is 0. The van der Waals surface area contributed by atoms with Gasteiger partial charge >= 0.3 is 0 Å². The van der Waals surface area contributed by atoms with Gasteiger partial charge in [-0.25, -0.2) is 0 Å². The maximum Gasteiger partial charge on any atom is 0.0557 e. The molecule has 1 aliphatic heterocycles. The molecule has 0 aliphatic carbocycles. The third kappa shape index (κ3) is 0.884. The minimum atomic E-state index is 0.705. The van der Waals surface area contributed by atoms with E-state index in [1.54, 1.807) is 11.3 Å². The number of hydrogen-bond donors (Lipinski definition) is 0. The standard InChI is InChI=1S/C7H8OS/c1-2-9-5-6(1)7-3-8-4-7/h1-2,5,7H,3-4H2. The Labute approximate surface area is 58.3 Å². The van der Waals surface area contributed by atoms with Crippen molar-refractivity contribution in [3.8, 4) is 0 Å². The summed E-state index contributed by atoms with van der Waals surface area (Å²) >= 11 is 1.76. The van der Waals surface area contributed by atoms with Crippen LogP contribution in [0.4, 0.5) is 0 Å². The molecule has 1 saturated heterocycles. The predicted octanol–water partition coefficient (Wildman–Crippen LogP) is 1.86. The summed E-state index contributed by atoms with van der Waals surface area (Å²) in [6.45, 7) is 1.85. The molecular weight excluding hydrogens is 132 g/mol. The van der Waals surface area contributed by atoms with Crippen LogP contribution in [0.1, 0.15) is 11.5 Å². The van der Waals surface area contributed by atoms with E-state index in [0.717, 1.165) is 13.2 Å². The molecule has 0 atom stereocenters. The molecule has 0 saturated carbocycles. The normalized spacial score (nSPS) is 19.6. The lowest BCUT2D eigenvalue weighted by Gasteiger charge is -2.24. The molecule has 1 aliphatic rings. The lowest BCUT2D eigenvalue weighted by atomic mass is 10.0. The largest absolute Gasteiger partial charge is 0.380 e. The van der Waals surface area contributed by atoms with Crippen LogP contribution in [0, 0.1) is 0 Å². The van der Waals surface area contributed by atoms with Crippen molar-refractivity contribution in [3.63, 3.8) is 0 Å². The van der Waals surface area contributed by atoms with Gasteiger partial charge in [0.15, 0.2) is 0 Å². The first-order valence-corrected chi connectivity index (χ1v) is 4.01. The molecule has 0 amide bonds. The monoisotopic (exact) mass is 140 g/mol. The van der Waals surface area contributed by atoms with Crippen molar-refractivity contribution in [1.29, 1.82) is 0 Å². The van der Waals surface area contributed by atoms with Crippen molar-refractivity contribution < 1.29 is 4.74 Å². The molecular formula is C7H8OS. The molecule has 1 nitrogen and oxygen atoms in total. The quantitative estimate of drug-likeness (QED) is 0.578. The SMILES string of the molecule is c1cc(C2COC2)cs1. The van der Waals surface area contributed by atoms with Crippen molar-refractivity contribution >= 4 is 11.3 Å². The minimum Gasteiger partial charge on any atom is -0.380 e. The van der Waals surface area contributed by atoms with Crippen LogP contribution >= 0.6 is 11.3 Å². The highest BCUT2D eigenvalue weighted by Crippen LogP contribution is 2.25. The Hall–Kier alpha value is -0.340. The fourth-order valence-corrected chi connectivity index (χ4v) is 1.68. The molecule has 1 aromatic heterocycles. The Bertz CT molecular complexity index is 177. The van der Waals surface area contributed by atoms with Crippen LogP contribution in [0.5, 0.6) is 0 Å². The van der Waals surface area contributed by atoms with Gasteiger partial charge in [0, 0.05) is 5.92 Å². The van der Waals surface area contributed by atoms with E-state index in [0.29, 0.717) is 5.92 Å². The van der Waals surface area contributed by atoms with Crippen molar-refractivity contribution in [2.75, 3.05) is 13.2 Å². The van der Waals surface area contributed by atoms with E-state index in [2.05, 4.69) is 16.8 Å². The Balaban J connectivity index is 2.14. The third-order valence-corrected chi connectivity index (χ3v) is 2.35. The summed E-state index contributed by atoms with van der Waals surface area (Å²) in [6, 6.07) is 2.18. The molecule has 1 aromatic rings. The summed E-state index contributed by atoms with van der Waals surface area (Å²) < 4.78 is 5.06. The topological polar surface area (TPSA) is 9.23 Å². The van der Waals surface area contributed by atoms with E-state index in [4.69, 9.17) is 4.74 Å². The van der Waals surface area contributed by atoms with Crippen LogP contribution < -0.4 is 0 Å². The van der Waals surface area contributed by atoms with Gasteiger partial charge in [0.25, 0.3) is 0 Å². The van der Waals surface area contributed by atoms with Gasteiger partial charge in [-0.05, 0) is 22.4 Å². The van der Waals surface area contributed by atoms with E-state index in [9.17, 15) is 0 Å². The zero-order valence-electron chi connectivity index (χ0n) is 5.04. The first-order valence-electron chi connectivity index (χ1n) is 3.06. The highest BCUT2D eigenvalue weighted by molar-refractivity contribution is 7.07. The highest BCUT2D eigenvalue weighted by atomic mass is 32.1. The van der Waals surface area contributed by atoms with E-state index in [1.807, 2.05) is 0 Å². The van der Waals surface area contributed by atoms with Gasteiger partial charge in [-0.2, -0.15) is 11.3 Å². The van der Waals surface area contributed by atoms with Crippen LogP contribution in [-0.4, -0.2) is 13.2 Å². The van der Waals surface area contributed by atoms with Crippen molar-refractivity contribution in [1.82, 2.24) is 0 Å². The minimum absolute atomic E-state index is 0.705. The highest BCUT2D eigenvalue weighted by Gasteiger charge is 2.19. The summed E-state index contributed by atoms with van der Waals surface area (Å²) in [5.41, 5.74) is 1.45. The first kappa shape index (κ1) is 5.45. The smallest absolute Gasteiger partial charge is 0.0557 e. The van der Waals surface area contributed by atoms with Gasteiger partial charge in [0.1, 0.15) is 0 Å². The second-order valence-corrected chi connectivity index (χ2v) is 3.07. The zero-order valence-corrected chi connectivity index (χ0v) is 5.86. The van der Waals surface area contributed by atoms with Gasteiger partial charge in [0.2, 0.25) is 0 Å². The molecule has 0 N–H and O–H groups in total. The Kier molecular flexibility index (Phi) is 1.28. The fraction of sp³-hybridized carbons (Fsp3) is 0.429. The lowest BCUT2D eigenvalue weighted by Crippen LogP contribution is -2.24. The van der Waals surface area contributed by atoms with E-state index in [-0.39, 0.29) is 0 Å². The molecule has 2 rings (SSSR count). The van der Waals surface area contributed by atoms with Gasteiger partial charge in [-0.3, -0.25) is 0 Å². The van der Waals surface area contributed by atoms with Crippen molar-refractivity contribution in [3.05, 3.63) is 22.4 Å². The third-order valence-electron chi connectivity index (χ3n) is 1.65. The van der Waals surface area contributed by atoms with Crippen LogP contribution in [0.25, 0.3) is 0 Å². The molecule has 1 fully saturated rings. The maximum atomic E-state index is 5.06. The molecule has 0 aromatic carbocycles. The predicted molar refractivity (Wildman–Crippen MR) is 37.9 cm³/mol. The van der Waals surface area contributed by atoms with Crippen LogP contribution in [0.15, 0.2) is 16.8 Å². The van der Waals surface area contributed by atoms with Crippen LogP contribution in [0.2, 0.25) is 0 Å². The van der Waals surface area contributed by atoms with Crippen LogP contribution in [0.3, 0.4) is 0 Å². The van der Waals surface area contributed by atoms with Gasteiger partial charge in [0.05, 0.1) is 13.2 Å². The number of thiophene rings is 1. The zero-order chi connectivity index (χ0) is 6.10. The van der Waals surface area contributed by atoms with Crippen molar-refractivity contribution in [2.45, 2.75) is 5.92 Å². The maximum absolute atomic E-state index is 5.06. The Morgan fingerprint density at radius 3 is 2.89 bits per heavy atom. The lowest BCUT2D eigenvalue weighted by molar-refractivity contribution is 0.00859. The number of ether oxygens (including phenoxy) is 1. The van der Waals surface area contributed by atoms with E-state index in [1.165, 1.54) is 5.56 Å². The molecule has 2 heteroatoms. The second-order valence-electron chi connectivity index (χ2n) is 2.29. The Morgan fingerprint density at radius 1 is 1.56 bits per heavy atom. The summed E-state index contributed by atoms with van der Waals surface area (Å²) in [5, 5.41) is 4.32. The average Bonchev–Trinajstić information content (AvgIpc) is 2.11.